The Balaban J connectivity index is 1.71. The van der Waals surface area contributed by atoms with E-state index in [9.17, 15) is 4.79 Å². The molecule has 4 nitrogen and oxygen atoms in total. The predicted molar refractivity (Wildman–Crippen MR) is 90.8 cm³/mol. The van der Waals surface area contributed by atoms with Crippen LogP contribution in [0.3, 0.4) is 0 Å². The number of hydrogen-bond acceptors (Lipinski definition) is 3. The van der Waals surface area contributed by atoms with E-state index in [4.69, 9.17) is 4.42 Å². The van der Waals surface area contributed by atoms with Crippen LogP contribution in [0.2, 0.25) is 0 Å². The number of anilines is 1. The van der Waals surface area contributed by atoms with Crippen LogP contribution in [0.25, 0.3) is 0 Å². The summed E-state index contributed by atoms with van der Waals surface area (Å²) in [6.07, 6.45) is 3.06. The second kappa shape index (κ2) is 6.49. The predicted octanol–water partition coefficient (Wildman–Crippen LogP) is 3.55. The summed E-state index contributed by atoms with van der Waals surface area (Å²) in [6, 6.07) is 11.5. The van der Waals surface area contributed by atoms with Crippen molar-refractivity contribution in [3.05, 3.63) is 54.0 Å². The lowest BCUT2D eigenvalue weighted by Crippen LogP contribution is -2.54. The molecule has 0 N–H and O–H groups in total. The monoisotopic (exact) mass is 311 g/mol. The Bertz CT molecular complexity index is 664. The summed E-state index contributed by atoms with van der Waals surface area (Å²) in [5.41, 5.74) is 3.07. The van der Waals surface area contributed by atoms with Gasteiger partial charge in [0.1, 0.15) is 6.26 Å². The van der Waals surface area contributed by atoms with Crippen molar-refractivity contribution in [1.29, 1.82) is 0 Å². The highest BCUT2D eigenvalue weighted by Crippen LogP contribution is 2.24. The van der Waals surface area contributed by atoms with E-state index >= 15 is 0 Å². The highest BCUT2D eigenvalue weighted by Gasteiger charge is 2.28. The highest BCUT2D eigenvalue weighted by molar-refractivity contribution is 5.94. The van der Waals surface area contributed by atoms with E-state index in [0.717, 1.165) is 19.6 Å². The van der Waals surface area contributed by atoms with E-state index in [0.29, 0.717) is 11.5 Å². The van der Waals surface area contributed by atoms with Crippen molar-refractivity contribution in [3.8, 4) is 0 Å². The number of rotatable bonds is 3. The van der Waals surface area contributed by atoms with Crippen LogP contribution >= 0.6 is 0 Å². The molecule has 121 valence electrons. The van der Waals surface area contributed by atoms with Crippen LogP contribution in [-0.4, -0.2) is 36.5 Å². The van der Waals surface area contributed by atoms with Gasteiger partial charge in [0, 0.05) is 31.4 Å². The first-order valence-corrected chi connectivity index (χ1v) is 8.16. The molecule has 0 bridgehead atoms. The maximum absolute atomic E-state index is 12.5. The number of piperazine rings is 1. The molecule has 2 aromatic rings. The molecule has 1 saturated heterocycles. The van der Waals surface area contributed by atoms with Gasteiger partial charge in [-0.3, -0.25) is 4.79 Å². The number of hydrogen-bond donors (Lipinski definition) is 0. The molecule has 1 aromatic carbocycles. The lowest BCUT2D eigenvalue weighted by Gasteiger charge is -2.41. The number of carbonyl (C=O) groups is 1. The Hall–Kier alpha value is -2.23. The Kier molecular flexibility index (Phi) is 4.42. The van der Waals surface area contributed by atoms with Gasteiger partial charge in [-0.25, -0.2) is 0 Å². The van der Waals surface area contributed by atoms with Crippen molar-refractivity contribution >= 4 is 11.6 Å². The molecule has 1 aromatic heterocycles. The normalized spacial score (nSPS) is 18.5. The third-order valence-corrected chi connectivity index (χ3v) is 4.45. The standard InChI is InChI=1S/C19H23N2O2/c1-14(2)16-5-4-6-18(11-16)20-8-9-21(15(3)12-20)19(22)17-7-10-23-13-17/h4,6-7,10-11,13-15H,8-9,12H2,1-3H3/t15-/m1/s1. The SMILES string of the molecule is CC(C)c1[c]ccc(N2CCN(C(=O)c3ccoc3)[C@H](C)C2)c1. The molecule has 1 aliphatic rings. The summed E-state index contributed by atoms with van der Waals surface area (Å²) in [4.78, 5) is 16.8. The van der Waals surface area contributed by atoms with Crippen LogP contribution in [0.15, 0.2) is 41.2 Å². The van der Waals surface area contributed by atoms with Crippen LogP contribution in [-0.2, 0) is 0 Å². The fraction of sp³-hybridized carbons (Fsp3) is 0.421. The van der Waals surface area contributed by atoms with Gasteiger partial charge in [-0.15, -0.1) is 0 Å². The van der Waals surface area contributed by atoms with Gasteiger partial charge in [0.2, 0.25) is 0 Å². The minimum absolute atomic E-state index is 0.0511. The molecule has 1 fully saturated rings. The second-order valence-electron chi connectivity index (χ2n) is 6.46. The third kappa shape index (κ3) is 3.26. The summed E-state index contributed by atoms with van der Waals surface area (Å²) < 4.78 is 5.03. The van der Waals surface area contributed by atoms with E-state index in [-0.39, 0.29) is 11.9 Å². The Labute approximate surface area is 137 Å². The van der Waals surface area contributed by atoms with Gasteiger partial charge in [0.05, 0.1) is 11.8 Å². The third-order valence-electron chi connectivity index (χ3n) is 4.45. The number of benzene rings is 1. The average molecular weight is 311 g/mol. The maximum atomic E-state index is 12.5. The molecule has 1 amide bonds. The van der Waals surface area contributed by atoms with Gasteiger partial charge in [0.25, 0.3) is 5.91 Å². The van der Waals surface area contributed by atoms with Crippen molar-refractivity contribution in [3.63, 3.8) is 0 Å². The lowest BCUT2D eigenvalue weighted by atomic mass is 10.0. The summed E-state index contributed by atoms with van der Waals surface area (Å²) >= 11 is 0. The zero-order valence-electron chi connectivity index (χ0n) is 14.0. The number of nitrogens with zero attached hydrogens (tertiary/aromatic N) is 2. The molecule has 1 aliphatic heterocycles. The van der Waals surface area contributed by atoms with Crippen LogP contribution in [0.5, 0.6) is 0 Å². The van der Waals surface area contributed by atoms with E-state index in [2.05, 4.69) is 43.9 Å². The molecule has 0 aliphatic carbocycles. The first-order valence-electron chi connectivity index (χ1n) is 8.16. The van der Waals surface area contributed by atoms with Gasteiger partial charge in [-0.2, -0.15) is 0 Å². The largest absolute Gasteiger partial charge is 0.472 e. The van der Waals surface area contributed by atoms with Crippen LogP contribution in [0.1, 0.15) is 42.6 Å². The van der Waals surface area contributed by atoms with E-state index in [1.165, 1.54) is 17.5 Å². The fourth-order valence-electron chi connectivity index (χ4n) is 3.05. The lowest BCUT2D eigenvalue weighted by molar-refractivity contribution is 0.0673. The Morgan fingerprint density at radius 3 is 2.83 bits per heavy atom. The summed E-state index contributed by atoms with van der Waals surface area (Å²) in [5.74, 6) is 0.520. The van der Waals surface area contributed by atoms with Gasteiger partial charge in [-0.05, 0) is 42.7 Å². The molecule has 0 saturated carbocycles. The first kappa shape index (κ1) is 15.7. The van der Waals surface area contributed by atoms with Gasteiger partial charge < -0.3 is 14.2 Å². The number of amides is 1. The zero-order chi connectivity index (χ0) is 16.4. The average Bonchev–Trinajstić information content (AvgIpc) is 3.08. The second-order valence-corrected chi connectivity index (χ2v) is 6.46. The van der Waals surface area contributed by atoms with E-state index in [1.54, 1.807) is 12.3 Å². The molecule has 3 rings (SSSR count). The van der Waals surface area contributed by atoms with Gasteiger partial charge >= 0.3 is 0 Å². The number of carbonyl (C=O) groups excluding carboxylic acids is 1. The Morgan fingerprint density at radius 1 is 1.35 bits per heavy atom. The van der Waals surface area contributed by atoms with Crippen molar-refractivity contribution in [2.45, 2.75) is 32.7 Å². The van der Waals surface area contributed by atoms with Crippen molar-refractivity contribution < 1.29 is 9.21 Å². The van der Waals surface area contributed by atoms with Crippen molar-refractivity contribution in [1.82, 2.24) is 4.90 Å². The molecule has 23 heavy (non-hydrogen) atoms. The van der Waals surface area contributed by atoms with E-state index in [1.807, 2.05) is 11.0 Å². The minimum Gasteiger partial charge on any atom is -0.472 e. The molecule has 4 heteroatoms. The quantitative estimate of drug-likeness (QED) is 0.870. The maximum Gasteiger partial charge on any atom is 0.257 e. The molecular weight excluding hydrogens is 288 g/mol. The van der Waals surface area contributed by atoms with Gasteiger partial charge in [0.15, 0.2) is 0 Å². The van der Waals surface area contributed by atoms with Crippen LogP contribution in [0, 0.1) is 6.07 Å². The highest BCUT2D eigenvalue weighted by atomic mass is 16.3. The van der Waals surface area contributed by atoms with Crippen LogP contribution < -0.4 is 4.90 Å². The molecule has 2 heterocycles. The topological polar surface area (TPSA) is 36.7 Å². The Morgan fingerprint density at radius 2 is 2.17 bits per heavy atom. The number of furan rings is 1. The smallest absolute Gasteiger partial charge is 0.257 e. The van der Waals surface area contributed by atoms with E-state index < -0.39 is 0 Å². The van der Waals surface area contributed by atoms with Crippen LogP contribution in [0.4, 0.5) is 5.69 Å². The first-order chi connectivity index (χ1) is 11.1. The summed E-state index contributed by atoms with van der Waals surface area (Å²) in [5, 5.41) is 0. The molecule has 0 unspecified atom stereocenters. The van der Waals surface area contributed by atoms with Gasteiger partial charge in [-0.1, -0.05) is 19.9 Å². The molecule has 1 radical (unpaired) electrons. The fourth-order valence-corrected chi connectivity index (χ4v) is 3.05. The molecule has 1 atom stereocenters. The van der Waals surface area contributed by atoms with Crippen molar-refractivity contribution in [2.75, 3.05) is 24.5 Å². The summed E-state index contributed by atoms with van der Waals surface area (Å²) in [7, 11) is 0. The molecule has 0 spiro atoms. The minimum atomic E-state index is 0.0511. The molecular formula is C19H23N2O2. The summed E-state index contributed by atoms with van der Waals surface area (Å²) in [6.45, 7) is 8.86. The van der Waals surface area contributed by atoms with Crippen molar-refractivity contribution in [2.24, 2.45) is 0 Å². The zero-order valence-corrected chi connectivity index (χ0v) is 14.0.